The van der Waals surface area contributed by atoms with Crippen molar-refractivity contribution in [3.8, 4) is 16.9 Å². The highest BCUT2D eigenvalue weighted by Crippen LogP contribution is 2.35. The molecule has 0 radical (unpaired) electrons. The standard InChI is InChI=1S/C18H17N3O3/c1-24-12-6-7-16-14(8-12)17(15(10-20-16)18(22)23)13-5-3-2-4-11(13)9-21-19/h2-8,10,21H,9,19H2,1H3,(H,22,23). The highest BCUT2D eigenvalue weighted by atomic mass is 16.5. The normalized spacial score (nSPS) is 10.8. The molecule has 122 valence electrons. The van der Waals surface area contributed by atoms with Gasteiger partial charge in [0.2, 0.25) is 0 Å². The molecule has 3 aromatic rings. The first-order valence-corrected chi connectivity index (χ1v) is 7.37. The molecule has 0 saturated carbocycles. The van der Waals surface area contributed by atoms with E-state index in [0.717, 1.165) is 16.5 Å². The van der Waals surface area contributed by atoms with Crippen LogP contribution in [0.5, 0.6) is 5.75 Å². The molecule has 0 amide bonds. The molecular formula is C18H17N3O3. The van der Waals surface area contributed by atoms with E-state index in [1.807, 2.05) is 30.3 Å². The number of nitrogens with one attached hydrogen (secondary N) is 1. The summed E-state index contributed by atoms with van der Waals surface area (Å²) >= 11 is 0. The van der Waals surface area contributed by atoms with E-state index in [1.165, 1.54) is 6.20 Å². The molecule has 24 heavy (non-hydrogen) atoms. The Morgan fingerprint density at radius 3 is 2.79 bits per heavy atom. The molecule has 0 spiro atoms. The molecule has 4 N–H and O–H groups in total. The number of hydrazine groups is 1. The molecule has 6 nitrogen and oxygen atoms in total. The Hall–Kier alpha value is -2.96. The second kappa shape index (κ2) is 6.66. The summed E-state index contributed by atoms with van der Waals surface area (Å²) in [6, 6.07) is 13.0. The van der Waals surface area contributed by atoms with E-state index in [-0.39, 0.29) is 5.56 Å². The van der Waals surface area contributed by atoms with Crippen LogP contribution in [0.25, 0.3) is 22.0 Å². The fourth-order valence-electron chi connectivity index (χ4n) is 2.78. The van der Waals surface area contributed by atoms with Gasteiger partial charge in [0.25, 0.3) is 0 Å². The highest BCUT2D eigenvalue weighted by Gasteiger charge is 2.18. The third-order valence-electron chi connectivity index (χ3n) is 3.88. The van der Waals surface area contributed by atoms with Crippen LogP contribution >= 0.6 is 0 Å². The van der Waals surface area contributed by atoms with Crippen LogP contribution in [0.4, 0.5) is 0 Å². The molecule has 0 unspecified atom stereocenters. The van der Waals surface area contributed by atoms with Gasteiger partial charge in [0.1, 0.15) is 5.75 Å². The Morgan fingerprint density at radius 1 is 1.29 bits per heavy atom. The monoisotopic (exact) mass is 323 g/mol. The summed E-state index contributed by atoms with van der Waals surface area (Å²) in [5, 5.41) is 10.3. The number of methoxy groups -OCH3 is 1. The second-order valence-electron chi connectivity index (χ2n) is 5.27. The maximum atomic E-state index is 11.8. The van der Waals surface area contributed by atoms with Gasteiger partial charge in [0, 0.05) is 23.7 Å². The van der Waals surface area contributed by atoms with Crippen molar-refractivity contribution in [2.75, 3.05) is 7.11 Å². The largest absolute Gasteiger partial charge is 0.497 e. The summed E-state index contributed by atoms with van der Waals surface area (Å²) in [6.07, 6.45) is 1.39. The molecular weight excluding hydrogens is 306 g/mol. The van der Waals surface area contributed by atoms with E-state index in [1.54, 1.807) is 19.2 Å². The molecule has 6 heteroatoms. The molecule has 0 aliphatic rings. The van der Waals surface area contributed by atoms with Gasteiger partial charge in [0.15, 0.2) is 0 Å². The van der Waals surface area contributed by atoms with Gasteiger partial charge in [-0.1, -0.05) is 24.3 Å². The third-order valence-corrected chi connectivity index (χ3v) is 3.88. The summed E-state index contributed by atoms with van der Waals surface area (Å²) < 4.78 is 5.28. The first-order chi connectivity index (χ1) is 11.7. The highest BCUT2D eigenvalue weighted by molar-refractivity contribution is 6.07. The Morgan fingerprint density at radius 2 is 2.08 bits per heavy atom. The number of benzene rings is 2. The van der Waals surface area contributed by atoms with Gasteiger partial charge < -0.3 is 9.84 Å². The molecule has 2 aromatic carbocycles. The van der Waals surface area contributed by atoms with E-state index in [9.17, 15) is 9.90 Å². The van der Waals surface area contributed by atoms with Gasteiger partial charge in [-0.05, 0) is 29.3 Å². The van der Waals surface area contributed by atoms with Crippen molar-refractivity contribution < 1.29 is 14.6 Å². The fraction of sp³-hybridized carbons (Fsp3) is 0.111. The summed E-state index contributed by atoms with van der Waals surface area (Å²) in [5.74, 6) is 5.08. The lowest BCUT2D eigenvalue weighted by molar-refractivity contribution is 0.0697. The molecule has 0 atom stereocenters. The topological polar surface area (TPSA) is 97.5 Å². The van der Waals surface area contributed by atoms with Crippen LogP contribution in [0.3, 0.4) is 0 Å². The lowest BCUT2D eigenvalue weighted by Crippen LogP contribution is -2.21. The number of rotatable bonds is 5. The molecule has 0 aliphatic heterocycles. The zero-order valence-corrected chi connectivity index (χ0v) is 13.1. The van der Waals surface area contributed by atoms with Crippen molar-refractivity contribution in [2.24, 2.45) is 5.84 Å². The first-order valence-electron chi connectivity index (χ1n) is 7.37. The number of hydrogen-bond donors (Lipinski definition) is 3. The van der Waals surface area contributed by atoms with Gasteiger partial charge in [-0.2, -0.15) is 0 Å². The summed E-state index contributed by atoms with van der Waals surface area (Å²) in [4.78, 5) is 16.0. The Bertz CT molecular complexity index is 909. The minimum absolute atomic E-state index is 0.139. The maximum absolute atomic E-state index is 11.8. The number of nitrogens with two attached hydrogens (primary N) is 1. The number of pyridine rings is 1. The van der Waals surface area contributed by atoms with Gasteiger partial charge in [0.05, 0.1) is 18.2 Å². The zero-order valence-electron chi connectivity index (χ0n) is 13.1. The summed E-state index contributed by atoms with van der Waals surface area (Å²) in [5.41, 5.74) is 5.77. The molecule has 0 aliphatic carbocycles. The van der Waals surface area contributed by atoms with Crippen molar-refractivity contribution in [2.45, 2.75) is 6.54 Å². The predicted molar refractivity (Wildman–Crippen MR) is 91.7 cm³/mol. The average Bonchev–Trinajstić information content (AvgIpc) is 2.61. The van der Waals surface area contributed by atoms with Crippen LogP contribution in [0.2, 0.25) is 0 Å². The Kier molecular flexibility index (Phi) is 4.41. The molecule has 1 aromatic heterocycles. The van der Waals surface area contributed by atoms with Crippen molar-refractivity contribution >= 4 is 16.9 Å². The molecule has 3 rings (SSSR count). The van der Waals surface area contributed by atoms with E-state index in [2.05, 4.69) is 10.4 Å². The van der Waals surface area contributed by atoms with E-state index in [4.69, 9.17) is 10.6 Å². The number of ether oxygens (including phenoxy) is 1. The number of carbonyl (C=O) groups is 1. The van der Waals surface area contributed by atoms with Crippen LogP contribution in [0, 0.1) is 0 Å². The van der Waals surface area contributed by atoms with Crippen LogP contribution in [-0.2, 0) is 6.54 Å². The number of fused-ring (bicyclic) bond motifs is 1. The Balaban J connectivity index is 2.39. The lowest BCUT2D eigenvalue weighted by Gasteiger charge is -2.15. The van der Waals surface area contributed by atoms with Gasteiger partial charge in [-0.3, -0.25) is 16.3 Å². The SMILES string of the molecule is COc1ccc2ncc(C(=O)O)c(-c3ccccc3CNN)c2c1. The van der Waals surface area contributed by atoms with Crippen molar-refractivity contribution in [3.63, 3.8) is 0 Å². The van der Waals surface area contributed by atoms with E-state index in [0.29, 0.717) is 23.4 Å². The minimum atomic E-state index is -1.03. The molecule has 0 saturated heterocycles. The van der Waals surface area contributed by atoms with Gasteiger partial charge in [-0.15, -0.1) is 0 Å². The maximum Gasteiger partial charge on any atom is 0.337 e. The fourth-order valence-corrected chi connectivity index (χ4v) is 2.78. The van der Waals surface area contributed by atoms with Crippen LogP contribution in [0.1, 0.15) is 15.9 Å². The van der Waals surface area contributed by atoms with Crippen LogP contribution in [-0.4, -0.2) is 23.2 Å². The molecule has 0 bridgehead atoms. The zero-order chi connectivity index (χ0) is 17.1. The van der Waals surface area contributed by atoms with Crippen molar-refractivity contribution in [3.05, 3.63) is 59.8 Å². The van der Waals surface area contributed by atoms with E-state index < -0.39 is 5.97 Å². The average molecular weight is 323 g/mol. The van der Waals surface area contributed by atoms with Crippen molar-refractivity contribution in [1.29, 1.82) is 0 Å². The van der Waals surface area contributed by atoms with Crippen molar-refractivity contribution in [1.82, 2.24) is 10.4 Å². The third kappa shape index (κ3) is 2.80. The number of hydrogen-bond acceptors (Lipinski definition) is 5. The first kappa shape index (κ1) is 15.9. The number of aromatic carboxylic acids is 1. The Labute approximate surface area is 138 Å². The minimum Gasteiger partial charge on any atom is -0.497 e. The molecule has 0 fully saturated rings. The smallest absolute Gasteiger partial charge is 0.337 e. The lowest BCUT2D eigenvalue weighted by atomic mass is 9.92. The van der Waals surface area contributed by atoms with Gasteiger partial charge in [-0.25, -0.2) is 4.79 Å². The predicted octanol–water partition coefficient (Wildman–Crippen LogP) is 2.57. The second-order valence-corrected chi connectivity index (χ2v) is 5.27. The molecule has 1 heterocycles. The number of carboxylic acid groups (broad SMARTS) is 1. The van der Waals surface area contributed by atoms with Crippen LogP contribution < -0.4 is 16.0 Å². The summed E-state index contributed by atoms with van der Waals surface area (Å²) in [6.45, 7) is 0.420. The quantitative estimate of drug-likeness (QED) is 0.493. The van der Waals surface area contributed by atoms with Gasteiger partial charge >= 0.3 is 5.97 Å². The van der Waals surface area contributed by atoms with E-state index >= 15 is 0 Å². The summed E-state index contributed by atoms with van der Waals surface area (Å²) in [7, 11) is 1.57. The number of aromatic nitrogens is 1. The number of carboxylic acids is 1. The van der Waals surface area contributed by atoms with Crippen LogP contribution in [0.15, 0.2) is 48.7 Å². The number of nitrogens with zero attached hydrogens (tertiary/aromatic N) is 1.